The van der Waals surface area contributed by atoms with Crippen molar-refractivity contribution in [1.29, 1.82) is 0 Å². The number of hydrogen-bond acceptors (Lipinski definition) is 11. The van der Waals surface area contributed by atoms with Crippen LogP contribution in [-0.2, 0) is 19.1 Å². The van der Waals surface area contributed by atoms with Crippen LogP contribution in [0.2, 0.25) is 0 Å². The fraction of sp³-hybridized carbons (Fsp3) is 0.833. The summed E-state index contributed by atoms with van der Waals surface area (Å²) in [6.45, 7) is -2.34. The molecule has 13 heteroatoms. The number of carboxylic acids is 2. The summed E-state index contributed by atoms with van der Waals surface area (Å²) < 4.78 is 10.2. The van der Waals surface area contributed by atoms with Gasteiger partial charge in [0.2, 0.25) is 0 Å². The van der Waals surface area contributed by atoms with Crippen molar-refractivity contribution in [3.05, 3.63) is 0 Å². The van der Waals surface area contributed by atoms with E-state index in [0.717, 1.165) is 4.90 Å². The Labute approximate surface area is 188 Å². The molecule has 1 saturated heterocycles. The van der Waals surface area contributed by atoms with Gasteiger partial charge in [-0.2, -0.15) is 0 Å². The van der Waals surface area contributed by atoms with Crippen LogP contribution in [0.25, 0.3) is 0 Å². The largest absolute Gasteiger partial charge is 1.00 e. The number of ether oxygens (including phenoxy) is 2. The predicted octanol–water partition coefficient (Wildman–Crippen LogP) is -12.4. The minimum absolute atomic E-state index is 0. The fourth-order valence-corrected chi connectivity index (χ4v) is 2.08. The molecule has 11 nitrogen and oxygen atoms in total. The Bertz CT molecular complexity index is 397. The van der Waals surface area contributed by atoms with Crippen molar-refractivity contribution in [2.24, 2.45) is 0 Å². The molecule has 5 atom stereocenters. The third kappa shape index (κ3) is 9.42. The van der Waals surface area contributed by atoms with E-state index in [1.807, 2.05) is 0 Å². The minimum Gasteiger partial charge on any atom is -0.549 e. The van der Waals surface area contributed by atoms with Gasteiger partial charge in [0, 0.05) is 19.6 Å². The van der Waals surface area contributed by atoms with E-state index in [1.165, 1.54) is 0 Å². The van der Waals surface area contributed by atoms with Crippen molar-refractivity contribution >= 4 is 11.9 Å². The number of carboxylic acid groups (broad SMARTS) is 2. The predicted molar refractivity (Wildman–Crippen MR) is 66.2 cm³/mol. The van der Waals surface area contributed by atoms with Crippen molar-refractivity contribution in [3.63, 3.8) is 0 Å². The second-order valence-corrected chi connectivity index (χ2v) is 5.02. The molecule has 0 unspecified atom stereocenters. The minimum atomic E-state index is -1.60. The van der Waals surface area contributed by atoms with E-state index in [-0.39, 0.29) is 72.3 Å². The van der Waals surface area contributed by atoms with Gasteiger partial charge in [0.25, 0.3) is 0 Å². The Morgan fingerprint density at radius 3 is 1.96 bits per heavy atom. The molecule has 1 fully saturated rings. The number of carbonyl (C=O) groups excluding carboxylic acids is 2. The van der Waals surface area contributed by atoms with Crippen molar-refractivity contribution in [2.75, 3.05) is 32.8 Å². The van der Waals surface area contributed by atoms with Crippen molar-refractivity contribution < 1.29 is 109 Å². The van der Waals surface area contributed by atoms with Crippen LogP contribution in [0.1, 0.15) is 0 Å². The van der Waals surface area contributed by atoms with E-state index < -0.39 is 62.3 Å². The average Bonchev–Trinajstić information content (AvgIpc) is 2.46. The molecule has 1 aliphatic rings. The summed E-state index contributed by atoms with van der Waals surface area (Å²) in [6.07, 6.45) is -7.24. The normalized spacial score (nSPS) is 28.8. The Morgan fingerprint density at radius 2 is 1.52 bits per heavy atom. The van der Waals surface area contributed by atoms with Crippen LogP contribution in [0, 0.1) is 0 Å². The average molecular weight is 383 g/mol. The zero-order valence-electron chi connectivity index (χ0n) is 14.1. The second kappa shape index (κ2) is 13.8. The van der Waals surface area contributed by atoms with Gasteiger partial charge < -0.3 is 49.7 Å². The van der Waals surface area contributed by atoms with E-state index in [9.17, 15) is 35.1 Å². The second-order valence-electron chi connectivity index (χ2n) is 5.02. The van der Waals surface area contributed by atoms with E-state index in [0.29, 0.717) is 0 Å². The molecule has 25 heavy (non-hydrogen) atoms. The zero-order valence-corrected chi connectivity index (χ0v) is 18.1. The van der Waals surface area contributed by atoms with Gasteiger partial charge in [-0.1, -0.05) is 0 Å². The first-order valence-electron chi connectivity index (χ1n) is 6.80. The molecule has 134 valence electrons. The van der Waals surface area contributed by atoms with Gasteiger partial charge in [-0.15, -0.1) is 0 Å². The number of aliphatic hydroxyl groups is 4. The number of nitrogens with zero attached hydrogens (tertiary/aromatic N) is 1. The first kappa shape index (κ1) is 27.9. The van der Waals surface area contributed by atoms with Crippen molar-refractivity contribution in [1.82, 2.24) is 4.90 Å². The Kier molecular flexibility index (Phi) is 15.4. The number of carbonyl (C=O) groups is 2. The van der Waals surface area contributed by atoms with Gasteiger partial charge in [0.05, 0.1) is 25.2 Å². The molecule has 0 spiro atoms. The van der Waals surface area contributed by atoms with Crippen LogP contribution in [0.3, 0.4) is 0 Å². The fourth-order valence-electron chi connectivity index (χ4n) is 2.08. The zero-order chi connectivity index (χ0) is 17.6. The smallest absolute Gasteiger partial charge is 0.549 e. The number of hydrogen-bond donors (Lipinski definition) is 4. The molecular weight excluding hydrogens is 364 g/mol. The molecule has 0 aromatic rings. The van der Waals surface area contributed by atoms with Gasteiger partial charge in [-0.25, -0.2) is 0 Å². The molecular formula is C12H19NNa2O10. The Morgan fingerprint density at radius 1 is 1.00 bits per heavy atom. The number of aliphatic hydroxyl groups excluding tert-OH is 4. The van der Waals surface area contributed by atoms with Gasteiger partial charge >= 0.3 is 59.1 Å². The van der Waals surface area contributed by atoms with Crippen LogP contribution in [-0.4, -0.2) is 101 Å². The van der Waals surface area contributed by atoms with Crippen LogP contribution in [0.5, 0.6) is 0 Å². The Hall–Kier alpha value is 0.660. The third-order valence-corrected chi connectivity index (χ3v) is 3.24. The summed E-state index contributed by atoms with van der Waals surface area (Å²) in [7, 11) is 0. The van der Waals surface area contributed by atoms with E-state index in [4.69, 9.17) is 14.6 Å². The summed E-state index contributed by atoms with van der Waals surface area (Å²) in [5.41, 5.74) is 0. The first-order chi connectivity index (χ1) is 10.8. The summed E-state index contributed by atoms with van der Waals surface area (Å²) in [4.78, 5) is 22.0. The molecule has 4 N–H and O–H groups in total. The van der Waals surface area contributed by atoms with Crippen LogP contribution in [0.15, 0.2) is 0 Å². The molecule has 0 aromatic carbocycles. The van der Waals surface area contributed by atoms with Gasteiger partial charge in [-0.05, 0) is 0 Å². The molecule has 0 aromatic heterocycles. The molecule has 0 bridgehead atoms. The SMILES string of the molecule is O=C([O-])CN(CCO[C@H]1O[C@H](CO)[C@@H](O)[C@H](O)[C@H]1O)CC(=O)[O-].[Na+].[Na+]. The molecule has 0 amide bonds. The quantitative estimate of drug-likeness (QED) is 0.277. The van der Waals surface area contributed by atoms with Gasteiger partial charge in [0.15, 0.2) is 6.29 Å². The summed E-state index contributed by atoms with van der Waals surface area (Å²) in [6, 6.07) is 0. The van der Waals surface area contributed by atoms with Crippen molar-refractivity contribution in [2.45, 2.75) is 30.7 Å². The monoisotopic (exact) mass is 383 g/mol. The van der Waals surface area contributed by atoms with E-state index >= 15 is 0 Å². The molecule has 1 rings (SSSR count). The molecule has 0 saturated carbocycles. The standard InChI is InChI=1S/C12H21NO10.2Na/c14-5-6-9(19)10(20)11(21)12(23-6)22-2-1-13(3-7(15)16)4-8(17)18;;/h6,9-12,14,19-21H,1-5H2,(H,15,16)(H,17,18);;/q;2*+1/p-2/t6-,9-,10+,11-,12+;;/m1../s1. The maximum absolute atomic E-state index is 10.5. The van der Waals surface area contributed by atoms with E-state index in [1.54, 1.807) is 0 Å². The first-order valence-corrected chi connectivity index (χ1v) is 6.80. The van der Waals surface area contributed by atoms with Gasteiger partial charge in [-0.3, -0.25) is 4.90 Å². The summed E-state index contributed by atoms with van der Waals surface area (Å²) in [5, 5.41) is 58.9. The summed E-state index contributed by atoms with van der Waals surface area (Å²) in [5.74, 6) is -2.97. The molecule has 0 radical (unpaired) electrons. The Balaban J connectivity index is 0. The molecule has 1 heterocycles. The summed E-state index contributed by atoms with van der Waals surface area (Å²) >= 11 is 0. The maximum atomic E-state index is 10.5. The molecule has 0 aliphatic carbocycles. The topological polar surface area (TPSA) is 183 Å². The third-order valence-electron chi connectivity index (χ3n) is 3.24. The van der Waals surface area contributed by atoms with Crippen molar-refractivity contribution in [3.8, 4) is 0 Å². The maximum Gasteiger partial charge on any atom is 1.00 e. The number of rotatable bonds is 9. The van der Waals surface area contributed by atoms with Crippen LogP contribution < -0.4 is 69.3 Å². The van der Waals surface area contributed by atoms with Gasteiger partial charge in [0.1, 0.15) is 24.4 Å². The number of aliphatic carboxylic acids is 2. The van der Waals surface area contributed by atoms with E-state index in [2.05, 4.69) is 0 Å². The van der Waals surface area contributed by atoms with Crippen LogP contribution >= 0.6 is 0 Å². The van der Waals surface area contributed by atoms with Crippen LogP contribution in [0.4, 0.5) is 0 Å². The molecule has 1 aliphatic heterocycles.